The summed E-state index contributed by atoms with van der Waals surface area (Å²) in [5.41, 5.74) is -0.648. The molecule has 0 aromatic heterocycles. The van der Waals surface area contributed by atoms with Crippen molar-refractivity contribution in [2.45, 2.75) is 19.4 Å². The zero-order valence-corrected chi connectivity index (χ0v) is 14.5. The Hall–Kier alpha value is -1.24. The molecule has 6 heteroatoms. The van der Waals surface area contributed by atoms with Gasteiger partial charge in [-0.2, -0.15) is 0 Å². The quantitative estimate of drug-likeness (QED) is 0.875. The molecule has 1 aromatic carbocycles. The molecule has 0 saturated carbocycles. The monoisotopic (exact) mass is 368 g/mol. The zero-order valence-electron chi connectivity index (χ0n) is 12.9. The Morgan fingerprint density at radius 1 is 1.18 bits per heavy atom. The molecule has 1 aromatic rings. The lowest BCUT2D eigenvalue weighted by atomic mass is 10.0. The summed E-state index contributed by atoms with van der Waals surface area (Å²) in [5, 5.41) is 10.0. The molecule has 0 spiro atoms. The molecule has 1 unspecified atom stereocenters. The van der Waals surface area contributed by atoms with Crippen molar-refractivity contribution in [3.63, 3.8) is 0 Å². The molecule has 0 bridgehead atoms. The Kier molecular flexibility index (Phi) is 5.36. The maximum Gasteiger partial charge on any atom is 0.253 e. The number of aliphatic hydroxyl groups is 1. The molecule has 1 heterocycles. The van der Waals surface area contributed by atoms with Gasteiger partial charge in [0.25, 0.3) is 5.91 Å². The van der Waals surface area contributed by atoms with E-state index in [2.05, 4.69) is 15.9 Å². The van der Waals surface area contributed by atoms with E-state index in [1.165, 1.54) is 13.8 Å². The Balaban J connectivity index is 1.90. The molecule has 1 N–H and O–H groups in total. The number of β-amino-alcohol motifs (C(OH)–C–C–N with tert-alkyl or cyclic N) is 1. The smallest absolute Gasteiger partial charge is 0.253 e. The fourth-order valence-electron chi connectivity index (χ4n) is 2.43. The molecule has 1 atom stereocenters. The van der Waals surface area contributed by atoms with Gasteiger partial charge in [-0.25, -0.2) is 0 Å². The molecule has 0 radical (unpaired) electrons. The highest BCUT2D eigenvalue weighted by atomic mass is 79.9. The molecule has 5 nitrogen and oxygen atoms in total. The van der Waals surface area contributed by atoms with Crippen molar-refractivity contribution < 1.29 is 14.7 Å². The third-order valence-corrected chi connectivity index (χ3v) is 4.57. The molecule has 1 amide bonds. The van der Waals surface area contributed by atoms with Crippen LogP contribution < -0.4 is 0 Å². The molecule has 1 aliphatic rings. The van der Waals surface area contributed by atoms with Gasteiger partial charge in [-0.15, -0.1) is 0 Å². The van der Waals surface area contributed by atoms with E-state index >= 15 is 0 Å². The van der Waals surface area contributed by atoms with Crippen LogP contribution in [0.15, 0.2) is 28.7 Å². The highest BCUT2D eigenvalue weighted by molar-refractivity contribution is 9.10. The highest BCUT2D eigenvalue weighted by Crippen LogP contribution is 2.15. The second kappa shape index (κ2) is 6.89. The van der Waals surface area contributed by atoms with Crippen LogP contribution in [0.3, 0.4) is 0 Å². The van der Waals surface area contributed by atoms with E-state index in [9.17, 15) is 14.7 Å². The number of Topliss-reactive ketones (excluding diaryl/α,β-unsaturated/α-hetero) is 1. The number of ketones is 1. The van der Waals surface area contributed by atoms with Crippen LogP contribution in [0.2, 0.25) is 0 Å². The van der Waals surface area contributed by atoms with Gasteiger partial charge >= 0.3 is 0 Å². The van der Waals surface area contributed by atoms with Gasteiger partial charge in [0, 0.05) is 42.8 Å². The topological polar surface area (TPSA) is 60.9 Å². The second-order valence-corrected chi connectivity index (χ2v) is 6.82. The van der Waals surface area contributed by atoms with Crippen LogP contribution >= 0.6 is 15.9 Å². The van der Waals surface area contributed by atoms with Crippen LogP contribution in [-0.4, -0.2) is 64.9 Å². The lowest BCUT2D eigenvalue weighted by Gasteiger charge is -2.37. The maximum atomic E-state index is 12.4. The number of piperazine rings is 1. The SMILES string of the molecule is CC(=O)C(C)(O)CN1CCN(C(=O)c2ccc(Br)cc2)CC1. The Bertz CT molecular complexity index is 549. The van der Waals surface area contributed by atoms with Crippen LogP contribution in [0, 0.1) is 0 Å². The van der Waals surface area contributed by atoms with Crippen molar-refractivity contribution in [1.29, 1.82) is 0 Å². The van der Waals surface area contributed by atoms with Gasteiger partial charge in [0.05, 0.1) is 0 Å². The van der Waals surface area contributed by atoms with E-state index in [1.807, 2.05) is 21.9 Å². The van der Waals surface area contributed by atoms with Gasteiger partial charge < -0.3 is 10.0 Å². The number of nitrogens with zero attached hydrogens (tertiary/aromatic N) is 2. The van der Waals surface area contributed by atoms with Gasteiger partial charge in [-0.3, -0.25) is 14.5 Å². The van der Waals surface area contributed by atoms with E-state index in [1.54, 1.807) is 12.1 Å². The van der Waals surface area contributed by atoms with Crippen molar-refractivity contribution >= 4 is 27.6 Å². The first kappa shape index (κ1) is 17.1. The number of hydrogen-bond donors (Lipinski definition) is 1. The van der Waals surface area contributed by atoms with Crippen LogP contribution in [-0.2, 0) is 4.79 Å². The summed E-state index contributed by atoms with van der Waals surface area (Å²) in [6.07, 6.45) is 0. The maximum absolute atomic E-state index is 12.4. The first-order chi connectivity index (χ1) is 10.3. The summed E-state index contributed by atoms with van der Waals surface area (Å²) >= 11 is 3.36. The van der Waals surface area contributed by atoms with Crippen LogP contribution in [0.5, 0.6) is 0 Å². The second-order valence-electron chi connectivity index (χ2n) is 5.91. The number of rotatable bonds is 4. The molecule has 2 rings (SSSR count). The van der Waals surface area contributed by atoms with Crippen LogP contribution in [0.4, 0.5) is 0 Å². The molecule has 1 fully saturated rings. The summed E-state index contributed by atoms with van der Waals surface area (Å²) in [7, 11) is 0. The standard InChI is InChI=1S/C16H21BrN2O3/c1-12(20)16(2,22)11-18-7-9-19(10-8-18)15(21)13-3-5-14(17)6-4-13/h3-6,22H,7-11H2,1-2H3. The third kappa shape index (κ3) is 4.15. The summed E-state index contributed by atoms with van der Waals surface area (Å²) in [6, 6.07) is 7.32. The summed E-state index contributed by atoms with van der Waals surface area (Å²) in [6.45, 7) is 5.76. The van der Waals surface area contributed by atoms with Gasteiger partial charge in [0.1, 0.15) is 5.60 Å². The predicted octanol–water partition coefficient (Wildman–Crippen LogP) is 1.55. The third-order valence-electron chi connectivity index (χ3n) is 4.04. The average Bonchev–Trinajstić information content (AvgIpc) is 2.47. The Labute approximate surface area is 139 Å². The van der Waals surface area contributed by atoms with Crippen molar-refractivity contribution in [2.24, 2.45) is 0 Å². The normalized spacial score (nSPS) is 18.8. The molecule has 22 heavy (non-hydrogen) atoms. The zero-order chi connectivity index (χ0) is 16.3. The largest absolute Gasteiger partial charge is 0.381 e. The summed E-state index contributed by atoms with van der Waals surface area (Å²) in [4.78, 5) is 27.6. The van der Waals surface area contributed by atoms with Crippen molar-refractivity contribution in [3.8, 4) is 0 Å². The minimum absolute atomic E-state index is 0.0190. The van der Waals surface area contributed by atoms with Crippen molar-refractivity contribution in [3.05, 3.63) is 34.3 Å². The lowest BCUT2D eigenvalue weighted by molar-refractivity contribution is -0.135. The van der Waals surface area contributed by atoms with Gasteiger partial charge in [-0.1, -0.05) is 15.9 Å². The number of carbonyl (C=O) groups is 2. The van der Waals surface area contributed by atoms with E-state index in [-0.39, 0.29) is 11.7 Å². The average molecular weight is 369 g/mol. The first-order valence-corrected chi connectivity index (χ1v) is 8.09. The van der Waals surface area contributed by atoms with E-state index < -0.39 is 5.60 Å². The van der Waals surface area contributed by atoms with E-state index in [4.69, 9.17) is 0 Å². The predicted molar refractivity (Wildman–Crippen MR) is 87.8 cm³/mol. The van der Waals surface area contributed by atoms with Gasteiger partial charge in [0.2, 0.25) is 0 Å². The number of hydrogen-bond acceptors (Lipinski definition) is 4. The van der Waals surface area contributed by atoms with Gasteiger partial charge in [0.15, 0.2) is 5.78 Å². The van der Waals surface area contributed by atoms with Crippen LogP contribution in [0.1, 0.15) is 24.2 Å². The minimum Gasteiger partial charge on any atom is -0.381 e. The molecular weight excluding hydrogens is 348 g/mol. The highest BCUT2D eigenvalue weighted by Gasteiger charge is 2.31. The summed E-state index contributed by atoms with van der Waals surface area (Å²) in [5.74, 6) is -0.216. The van der Waals surface area contributed by atoms with Crippen LogP contribution in [0.25, 0.3) is 0 Å². The molecule has 120 valence electrons. The van der Waals surface area contributed by atoms with Crippen molar-refractivity contribution in [2.75, 3.05) is 32.7 Å². The number of carbonyl (C=O) groups excluding carboxylic acids is 2. The Morgan fingerprint density at radius 3 is 2.23 bits per heavy atom. The minimum atomic E-state index is -1.32. The van der Waals surface area contributed by atoms with E-state index in [0.29, 0.717) is 38.3 Å². The summed E-state index contributed by atoms with van der Waals surface area (Å²) < 4.78 is 0.945. The number of benzene rings is 1. The fraction of sp³-hybridized carbons (Fsp3) is 0.500. The number of amides is 1. The number of halogens is 1. The molecule has 0 aliphatic carbocycles. The first-order valence-electron chi connectivity index (χ1n) is 7.30. The van der Waals surface area contributed by atoms with Crippen molar-refractivity contribution in [1.82, 2.24) is 9.80 Å². The van der Waals surface area contributed by atoms with E-state index in [0.717, 1.165) is 4.47 Å². The molecular formula is C16H21BrN2O3. The van der Waals surface area contributed by atoms with Gasteiger partial charge in [-0.05, 0) is 38.1 Å². The Morgan fingerprint density at radius 2 is 1.73 bits per heavy atom. The molecule has 1 saturated heterocycles. The fourth-order valence-corrected chi connectivity index (χ4v) is 2.70. The lowest BCUT2D eigenvalue weighted by Crippen LogP contribution is -2.54. The molecule has 1 aliphatic heterocycles.